The topological polar surface area (TPSA) is 82.3 Å². The predicted molar refractivity (Wildman–Crippen MR) is 78.3 cm³/mol. The minimum absolute atomic E-state index is 0.0799. The molecule has 2 rings (SSSR count). The van der Waals surface area contributed by atoms with Gasteiger partial charge in [-0.05, 0) is 18.2 Å². The minimum atomic E-state index is -0.727. The number of benzene rings is 1. The molecule has 8 heteroatoms. The lowest BCUT2D eigenvalue weighted by atomic mass is 10.2. The van der Waals surface area contributed by atoms with Gasteiger partial charge in [-0.3, -0.25) is 10.1 Å². The number of rotatable bonds is 6. The first kappa shape index (κ1) is 15.9. The Morgan fingerprint density at radius 1 is 1.32 bits per heavy atom. The highest BCUT2D eigenvalue weighted by Crippen LogP contribution is 2.18. The second-order valence-electron chi connectivity index (χ2n) is 4.08. The number of carbonyl (C=O) groups is 1. The van der Waals surface area contributed by atoms with E-state index < -0.39 is 16.7 Å². The Bertz CT molecular complexity index is 679. The van der Waals surface area contributed by atoms with Crippen LogP contribution in [0.3, 0.4) is 0 Å². The van der Waals surface area contributed by atoms with Crippen LogP contribution in [0.15, 0.2) is 47.6 Å². The molecule has 1 aromatic heterocycles. The monoisotopic (exact) mass is 322 g/mol. The van der Waals surface area contributed by atoms with E-state index in [1.165, 1.54) is 42.1 Å². The fraction of sp³-hybridized carbons (Fsp3) is 0.143. The van der Waals surface area contributed by atoms with Crippen molar-refractivity contribution in [2.24, 2.45) is 0 Å². The first-order valence-electron chi connectivity index (χ1n) is 6.23. The molecule has 0 aliphatic heterocycles. The van der Waals surface area contributed by atoms with Gasteiger partial charge in [0, 0.05) is 11.8 Å². The summed E-state index contributed by atoms with van der Waals surface area (Å²) in [6.45, 7) is 0.0799. The van der Waals surface area contributed by atoms with E-state index in [4.69, 9.17) is 4.74 Å². The second kappa shape index (κ2) is 7.51. The predicted octanol–water partition coefficient (Wildman–Crippen LogP) is 3.08. The van der Waals surface area contributed by atoms with Crippen LogP contribution in [0.5, 0.6) is 0 Å². The SMILES string of the molecule is O=C(OCCSc1ccc([N+](=O)[O-])cn1)c1ccccc1F. The number of pyridine rings is 1. The van der Waals surface area contributed by atoms with Crippen LogP contribution in [0.25, 0.3) is 0 Å². The maximum Gasteiger partial charge on any atom is 0.341 e. The van der Waals surface area contributed by atoms with E-state index in [0.29, 0.717) is 10.8 Å². The van der Waals surface area contributed by atoms with Crippen LogP contribution >= 0.6 is 11.8 Å². The molecule has 114 valence electrons. The zero-order valence-electron chi connectivity index (χ0n) is 11.3. The van der Waals surface area contributed by atoms with Gasteiger partial charge in [0.2, 0.25) is 0 Å². The van der Waals surface area contributed by atoms with Crippen molar-refractivity contribution in [2.75, 3.05) is 12.4 Å². The van der Waals surface area contributed by atoms with Gasteiger partial charge in [0.15, 0.2) is 0 Å². The molecular formula is C14H11FN2O4S. The molecule has 0 saturated heterocycles. The van der Waals surface area contributed by atoms with Gasteiger partial charge in [-0.2, -0.15) is 0 Å². The van der Waals surface area contributed by atoms with E-state index in [2.05, 4.69) is 4.98 Å². The number of nitro groups is 1. The molecule has 1 heterocycles. The van der Waals surface area contributed by atoms with Gasteiger partial charge in [-0.25, -0.2) is 14.2 Å². The maximum atomic E-state index is 13.3. The highest BCUT2D eigenvalue weighted by Gasteiger charge is 2.12. The fourth-order valence-electron chi connectivity index (χ4n) is 1.55. The number of hydrogen-bond acceptors (Lipinski definition) is 6. The van der Waals surface area contributed by atoms with Gasteiger partial charge in [0.25, 0.3) is 5.69 Å². The van der Waals surface area contributed by atoms with Gasteiger partial charge in [0.1, 0.15) is 18.6 Å². The summed E-state index contributed by atoms with van der Waals surface area (Å²) in [6, 6.07) is 8.44. The molecule has 0 fully saturated rings. The van der Waals surface area contributed by atoms with E-state index in [9.17, 15) is 19.3 Å². The number of thioether (sulfide) groups is 1. The highest BCUT2D eigenvalue weighted by molar-refractivity contribution is 7.99. The van der Waals surface area contributed by atoms with E-state index in [1.807, 2.05) is 0 Å². The summed E-state index contributed by atoms with van der Waals surface area (Å²) >= 11 is 1.28. The number of carbonyl (C=O) groups excluding carboxylic acids is 1. The van der Waals surface area contributed by atoms with Crippen molar-refractivity contribution < 1.29 is 18.8 Å². The summed E-state index contributed by atoms with van der Waals surface area (Å²) in [6.07, 6.45) is 1.16. The van der Waals surface area contributed by atoms with Gasteiger partial charge >= 0.3 is 5.97 Å². The van der Waals surface area contributed by atoms with Crippen LogP contribution < -0.4 is 0 Å². The Balaban J connectivity index is 1.78. The molecule has 0 unspecified atom stereocenters. The average Bonchev–Trinajstić information content (AvgIpc) is 2.52. The normalized spacial score (nSPS) is 10.2. The number of esters is 1. The third-order valence-corrected chi connectivity index (χ3v) is 3.50. The summed E-state index contributed by atoms with van der Waals surface area (Å²) in [4.78, 5) is 25.5. The summed E-state index contributed by atoms with van der Waals surface area (Å²) in [5, 5.41) is 11.1. The van der Waals surface area contributed by atoms with Gasteiger partial charge in [-0.15, -0.1) is 11.8 Å². The minimum Gasteiger partial charge on any atom is -0.461 e. The lowest BCUT2D eigenvalue weighted by molar-refractivity contribution is -0.385. The molecule has 0 bridgehead atoms. The Labute approximate surface area is 129 Å². The van der Waals surface area contributed by atoms with Crippen LogP contribution in [0.4, 0.5) is 10.1 Å². The Kier molecular flexibility index (Phi) is 5.42. The zero-order chi connectivity index (χ0) is 15.9. The van der Waals surface area contributed by atoms with Crippen molar-refractivity contribution in [1.82, 2.24) is 4.98 Å². The number of ether oxygens (including phenoxy) is 1. The van der Waals surface area contributed by atoms with E-state index >= 15 is 0 Å². The van der Waals surface area contributed by atoms with Crippen LogP contribution in [0.2, 0.25) is 0 Å². The van der Waals surface area contributed by atoms with Crippen molar-refractivity contribution >= 4 is 23.4 Å². The molecule has 2 aromatic rings. The molecule has 22 heavy (non-hydrogen) atoms. The molecule has 1 aromatic carbocycles. The zero-order valence-corrected chi connectivity index (χ0v) is 12.1. The summed E-state index contributed by atoms with van der Waals surface area (Å²) in [5.74, 6) is -0.946. The van der Waals surface area contributed by atoms with Crippen LogP contribution in [0.1, 0.15) is 10.4 Å². The number of aromatic nitrogens is 1. The van der Waals surface area contributed by atoms with Crippen LogP contribution in [-0.2, 0) is 4.74 Å². The third kappa shape index (κ3) is 4.26. The lowest BCUT2D eigenvalue weighted by Crippen LogP contribution is -2.09. The molecule has 6 nitrogen and oxygen atoms in total. The fourth-order valence-corrected chi connectivity index (χ4v) is 2.22. The number of halogens is 1. The van der Waals surface area contributed by atoms with Crippen molar-refractivity contribution in [2.45, 2.75) is 5.03 Å². The second-order valence-corrected chi connectivity index (χ2v) is 5.19. The van der Waals surface area contributed by atoms with E-state index in [1.54, 1.807) is 6.07 Å². The number of hydrogen-bond donors (Lipinski definition) is 0. The standard InChI is InChI=1S/C14H11FN2O4S/c15-12-4-2-1-3-11(12)14(18)21-7-8-22-13-6-5-10(9-16-13)17(19)20/h1-6,9H,7-8H2. The summed E-state index contributed by atoms with van der Waals surface area (Å²) in [5.41, 5.74) is -0.198. The largest absolute Gasteiger partial charge is 0.461 e. The molecule has 0 atom stereocenters. The quantitative estimate of drug-likeness (QED) is 0.267. The molecule has 0 radical (unpaired) electrons. The maximum absolute atomic E-state index is 13.3. The summed E-state index contributed by atoms with van der Waals surface area (Å²) < 4.78 is 18.3. The first-order chi connectivity index (χ1) is 10.6. The molecule has 0 saturated carbocycles. The molecule has 0 N–H and O–H groups in total. The van der Waals surface area contributed by atoms with Crippen molar-refractivity contribution in [3.8, 4) is 0 Å². The van der Waals surface area contributed by atoms with Gasteiger partial charge < -0.3 is 4.74 Å². The van der Waals surface area contributed by atoms with Gasteiger partial charge in [-0.1, -0.05) is 12.1 Å². The van der Waals surface area contributed by atoms with Crippen molar-refractivity contribution in [3.05, 3.63) is 64.1 Å². The summed E-state index contributed by atoms with van der Waals surface area (Å²) in [7, 11) is 0. The molecule has 0 aliphatic rings. The van der Waals surface area contributed by atoms with Gasteiger partial charge in [0.05, 0.1) is 15.5 Å². The highest BCUT2D eigenvalue weighted by atomic mass is 32.2. The Morgan fingerprint density at radius 3 is 2.73 bits per heavy atom. The molecule has 0 aliphatic carbocycles. The van der Waals surface area contributed by atoms with Crippen molar-refractivity contribution in [3.63, 3.8) is 0 Å². The third-order valence-electron chi connectivity index (χ3n) is 2.59. The van der Waals surface area contributed by atoms with E-state index in [0.717, 1.165) is 6.20 Å². The first-order valence-corrected chi connectivity index (χ1v) is 7.21. The number of nitrogens with zero attached hydrogens (tertiary/aromatic N) is 2. The lowest BCUT2D eigenvalue weighted by Gasteiger charge is -2.05. The average molecular weight is 322 g/mol. The van der Waals surface area contributed by atoms with Crippen LogP contribution in [0, 0.1) is 15.9 Å². The Hall–Kier alpha value is -2.48. The molecule has 0 spiro atoms. The van der Waals surface area contributed by atoms with Crippen molar-refractivity contribution in [1.29, 1.82) is 0 Å². The Morgan fingerprint density at radius 2 is 2.09 bits per heavy atom. The molecule has 0 amide bonds. The van der Waals surface area contributed by atoms with E-state index in [-0.39, 0.29) is 17.9 Å². The molecular weight excluding hydrogens is 311 g/mol. The van der Waals surface area contributed by atoms with Crippen LogP contribution in [-0.4, -0.2) is 28.2 Å². The smallest absolute Gasteiger partial charge is 0.341 e.